The van der Waals surface area contributed by atoms with E-state index in [0.29, 0.717) is 24.7 Å². The quantitative estimate of drug-likeness (QED) is 0.780. The molecule has 2 aromatic rings. The molecule has 1 aromatic heterocycles. The van der Waals surface area contributed by atoms with E-state index in [1.54, 1.807) is 23.2 Å². The van der Waals surface area contributed by atoms with Crippen molar-refractivity contribution in [2.45, 2.75) is 52.7 Å². The number of pyridine rings is 1. The van der Waals surface area contributed by atoms with E-state index in [4.69, 9.17) is 4.74 Å². The number of nitrogens with zero attached hydrogens (tertiary/aromatic N) is 2. The van der Waals surface area contributed by atoms with Crippen LogP contribution in [-0.2, 0) is 16.1 Å². The number of carbonyl (C=O) groups excluding carboxylic acids is 2. The van der Waals surface area contributed by atoms with Crippen LogP contribution in [0.2, 0.25) is 0 Å². The van der Waals surface area contributed by atoms with Crippen molar-refractivity contribution in [1.29, 1.82) is 0 Å². The van der Waals surface area contributed by atoms with Gasteiger partial charge in [0.2, 0.25) is 0 Å². The second kappa shape index (κ2) is 8.00. The summed E-state index contributed by atoms with van der Waals surface area (Å²) in [6, 6.07) is 9.57. The number of amides is 2. The normalized spacial score (nSPS) is 18.4. The number of fused-ring (bicyclic) bond motifs is 1. The van der Waals surface area contributed by atoms with Crippen molar-refractivity contribution in [2.75, 3.05) is 11.4 Å². The molecule has 148 valence electrons. The van der Waals surface area contributed by atoms with Crippen LogP contribution in [0.15, 0.2) is 36.5 Å². The Morgan fingerprint density at radius 3 is 2.82 bits per heavy atom. The van der Waals surface area contributed by atoms with E-state index in [0.717, 1.165) is 29.5 Å². The van der Waals surface area contributed by atoms with E-state index in [1.165, 1.54) is 6.92 Å². The van der Waals surface area contributed by atoms with E-state index >= 15 is 0 Å². The molecule has 1 N–H and O–H groups in total. The molecule has 1 aromatic carbocycles. The first-order chi connectivity index (χ1) is 13.4. The van der Waals surface area contributed by atoms with Crippen LogP contribution < -0.4 is 15.0 Å². The molecule has 1 aliphatic rings. The highest BCUT2D eigenvalue weighted by Crippen LogP contribution is 2.36. The zero-order chi connectivity index (χ0) is 20.3. The highest BCUT2D eigenvalue weighted by Gasteiger charge is 2.50. The minimum Gasteiger partial charge on any atom is -0.464 e. The van der Waals surface area contributed by atoms with Crippen LogP contribution in [0.1, 0.15) is 43.4 Å². The van der Waals surface area contributed by atoms with Crippen LogP contribution in [0, 0.1) is 13.8 Å². The Labute approximate surface area is 165 Å². The minimum absolute atomic E-state index is 0.341. The lowest BCUT2D eigenvalue weighted by molar-refractivity contribution is -0.148. The Morgan fingerprint density at radius 1 is 1.29 bits per heavy atom. The van der Waals surface area contributed by atoms with Gasteiger partial charge in [-0.05, 0) is 50.5 Å². The number of unbranched alkanes of at least 4 members (excludes halogenated alkanes) is 1. The van der Waals surface area contributed by atoms with Gasteiger partial charge in [0.25, 0.3) is 17.4 Å². The molecule has 3 rings (SSSR count). The Morgan fingerprint density at radius 2 is 2.07 bits per heavy atom. The van der Waals surface area contributed by atoms with Crippen molar-refractivity contribution in [3.05, 3.63) is 53.2 Å². The van der Waals surface area contributed by atoms with Gasteiger partial charge in [0.05, 0.1) is 0 Å². The van der Waals surface area contributed by atoms with Crippen LogP contribution in [0.4, 0.5) is 5.82 Å². The molecule has 0 spiro atoms. The van der Waals surface area contributed by atoms with Crippen molar-refractivity contribution in [1.82, 2.24) is 10.3 Å². The second-order valence-electron chi connectivity index (χ2n) is 7.38. The molecule has 0 bridgehead atoms. The van der Waals surface area contributed by atoms with Gasteiger partial charge >= 0.3 is 0 Å². The highest BCUT2D eigenvalue weighted by molar-refractivity contribution is 6.16. The lowest BCUT2D eigenvalue weighted by atomic mass is 10.00. The fraction of sp³-hybridized carbons (Fsp3) is 0.409. The van der Waals surface area contributed by atoms with Crippen LogP contribution >= 0.6 is 0 Å². The Balaban J connectivity index is 1.84. The van der Waals surface area contributed by atoms with Gasteiger partial charge in [-0.1, -0.05) is 37.1 Å². The van der Waals surface area contributed by atoms with Gasteiger partial charge in [-0.15, -0.1) is 0 Å². The third-order valence-corrected chi connectivity index (χ3v) is 5.09. The van der Waals surface area contributed by atoms with Gasteiger partial charge < -0.3 is 10.1 Å². The molecular formula is C22H27N3O3. The van der Waals surface area contributed by atoms with Gasteiger partial charge in [0.15, 0.2) is 11.6 Å². The number of carbonyl (C=O) groups is 2. The Bertz CT molecular complexity index is 896. The smallest absolute Gasteiger partial charge is 0.282 e. The van der Waals surface area contributed by atoms with E-state index in [-0.39, 0.29) is 5.91 Å². The fourth-order valence-electron chi connectivity index (χ4n) is 3.28. The van der Waals surface area contributed by atoms with Gasteiger partial charge in [0.1, 0.15) is 0 Å². The number of aromatic nitrogens is 1. The van der Waals surface area contributed by atoms with E-state index in [1.807, 2.05) is 32.0 Å². The molecule has 0 unspecified atom stereocenters. The average Bonchev–Trinajstić information content (AvgIpc) is 2.68. The van der Waals surface area contributed by atoms with Crippen molar-refractivity contribution >= 4 is 17.6 Å². The number of aryl methyl sites for hydroxylation is 2. The van der Waals surface area contributed by atoms with Crippen LogP contribution in [0.3, 0.4) is 0 Å². The first-order valence-electron chi connectivity index (χ1n) is 9.67. The zero-order valence-corrected chi connectivity index (χ0v) is 16.9. The Hall–Kier alpha value is -2.89. The molecule has 0 saturated heterocycles. The number of benzene rings is 1. The van der Waals surface area contributed by atoms with E-state index in [2.05, 4.69) is 17.2 Å². The number of hydrogen-bond acceptors (Lipinski definition) is 4. The average molecular weight is 381 g/mol. The number of anilines is 1. The van der Waals surface area contributed by atoms with Gasteiger partial charge in [-0.2, -0.15) is 0 Å². The van der Waals surface area contributed by atoms with Crippen LogP contribution in [0.5, 0.6) is 5.75 Å². The lowest BCUT2D eigenvalue weighted by Gasteiger charge is -2.38. The summed E-state index contributed by atoms with van der Waals surface area (Å²) in [6.45, 7) is 8.44. The molecule has 6 heteroatoms. The summed E-state index contributed by atoms with van der Waals surface area (Å²) in [5, 5.41) is 2.88. The number of ether oxygens (including phenoxy) is 1. The van der Waals surface area contributed by atoms with Crippen molar-refractivity contribution in [2.24, 2.45) is 0 Å². The first kappa shape index (κ1) is 19.9. The van der Waals surface area contributed by atoms with E-state index < -0.39 is 11.5 Å². The molecule has 0 fully saturated rings. The standard InChI is InChI=1S/C22H27N3O3/c1-5-6-12-25-19-18(8-7-11-23-19)28-22(4,21(25)27)20(26)24-14-17-13-15(2)9-10-16(17)3/h7-11,13H,5-6,12,14H2,1-4H3,(H,24,26)/t22-/m1/s1. The molecule has 1 aliphatic heterocycles. The van der Waals surface area contributed by atoms with Gasteiger partial charge in [-0.3, -0.25) is 14.5 Å². The maximum atomic E-state index is 13.2. The van der Waals surface area contributed by atoms with Crippen LogP contribution in [-0.4, -0.2) is 28.9 Å². The molecule has 1 atom stereocenters. The third kappa shape index (κ3) is 3.72. The predicted molar refractivity (Wildman–Crippen MR) is 108 cm³/mol. The molecule has 2 heterocycles. The van der Waals surface area contributed by atoms with Crippen molar-refractivity contribution in [3.8, 4) is 5.75 Å². The monoisotopic (exact) mass is 381 g/mol. The highest BCUT2D eigenvalue weighted by atomic mass is 16.5. The first-order valence-corrected chi connectivity index (χ1v) is 9.67. The molecule has 0 radical (unpaired) electrons. The third-order valence-electron chi connectivity index (χ3n) is 5.09. The summed E-state index contributed by atoms with van der Waals surface area (Å²) < 4.78 is 5.88. The number of rotatable bonds is 6. The molecule has 6 nitrogen and oxygen atoms in total. The minimum atomic E-state index is -1.62. The zero-order valence-electron chi connectivity index (χ0n) is 16.9. The second-order valence-corrected chi connectivity index (χ2v) is 7.38. The molecule has 0 aliphatic carbocycles. The Kier molecular flexibility index (Phi) is 5.68. The summed E-state index contributed by atoms with van der Waals surface area (Å²) in [5.74, 6) is 0.0864. The summed E-state index contributed by atoms with van der Waals surface area (Å²) >= 11 is 0. The van der Waals surface area contributed by atoms with Crippen molar-refractivity contribution < 1.29 is 14.3 Å². The summed E-state index contributed by atoms with van der Waals surface area (Å²) in [4.78, 5) is 32.1. The number of nitrogens with one attached hydrogen (secondary N) is 1. The predicted octanol–water partition coefficient (Wildman–Crippen LogP) is 3.30. The summed E-state index contributed by atoms with van der Waals surface area (Å²) in [6.07, 6.45) is 3.38. The fourth-order valence-corrected chi connectivity index (χ4v) is 3.28. The topological polar surface area (TPSA) is 71.5 Å². The van der Waals surface area contributed by atoms with Crippen LogP contribution in [0.25, 0.3) is 0 Å². The lowest BCUT2D eigenvalue weighted by Crippen LogP contribution is -2.62. The molecular weight excluding hydrogens is 354 g/mol. The molecule has 2 amide bonds. The maximum Gasteiger partial charge on any atom is 0.282 e. The van der Waals surface area contributed by atoms with Gasteiger partial charge in [-0.25, -0.2) is 4.98 Å². The maximum absolute atomic E-state index is 13.2. The van der Waals surface area contributed by atoms with Crippen molar-refractivity contribution in [3.63, 3.8) is 0 Å². The largest absolute Gasteiger partial charge is 0.464 e. The molecule has 28 heavy (non-hydrogen) atoms. The summed E-state index contributed by atoms with van der Waals surface area (Å²) in [7, 11) is 0. The van der Waals surface area contributed by atoms with E-state index in [9.17, 15) is 9.59 Å². The summed E-state index contributed by atoms with van der Waals surface area (Å²) in [5.41, 5.74) is 1.61. The SMILES string of the molecule is CCCCN1C(=O)[C@@](C)(C(=O)NCc2cc(C)ccc2C)Oc2cccnc21. The van der Waals surface area contributed by atoms with Gasteiger partial charge in [0, 0.05) is 19.3 Å². The number of hydrogen-bond donors (Lipinski definition) is 1. The molecule has 0 saturated carbocycles.